The van der Waals surface area contributed by atoms with Crippen LogP contribution in [-0.2, 0) is 0 Å². The summed E-state index contributed by atoms with van der Waals surface area (Å²) in [5.41, 5.74) is 5.39. The normalized spacial score (nSPS) is 11.2. The van der Waals surface area contributed by atoms with Gasteiger partial charge >= 0.3 is 12.1 Å². The summed E-state index contributed by atoms with van der Waals surface area (Å²) in [5.74, 6) is -1.45. The van der Waals surface area contributed by atoms with Crippen molar-refractivity contribution >= 4 is 11.7 Å². The number of ether oxygens (including phenoxy) is 1. The second-order valence-corrected chi connectivity index (χ2v) is 3.27. The number of aromatic carboxylic acids is 1. The molecule has 0 spiro atoms. The average Bonchev–Trinajstić information content (AvgIpc) is 2.15. The van der Waals surface area contributed by atoms with E-state index in [4.69, 9.17) is 15.6 Å². The van der Waals surface area contributed by atoms with E-state index in [0.29, 0.717) is 0 Å². The molecule has 17 heavy (non-hydrogen) atoms. The van der Waals surface area contributed by atoms with Crippen molar-refractivity contribution in [3.63, 3.8) is 0 Å². The lowest BCUT2D eigenvalue weighted by Gasteiger charge is -2.11. The van der Waals surface area contributed by atoms with Crippen molar-refractivity contribution in [1.29, 1.82) is 0 Å². The number of carboxylic acid groups (broad SMARTS) is 1. The highest BCUT2D eigenvalue weighted by Gasteiger charge is 2.27. The van der Waals surface area contributed by atoms with Gasteiger partial charge in [-0.25, -0.2) is 4.79 Å². The van der Waals surface area contributed by atoms with E-state index in [9.17, 15) is 18.0 Å². The van der Waals surface area contributed by atoms with Crippen molar-refractivity contribution in [2.75, 3.05) is 12.3 Å². The summed E-state index contributed by atoms with van der Waals surface area (Å²) in [5, 5.41) is 8.77. The van der Waals surface area contributed by atoms with Gasteiger partial charge in [0, 0.05) is 11.8 Å². The lowest BCUT2D eigenvalue weighted by atomic mass is 10.2. The molecule has 0 fully saturated rings. The molecular formula is C10H10F3NO3. The van der Waals surface area contributed by atoms with Crippen LogP contribution < -0.4 is 10.5 Å². The summed E-state index contributed by atoms with van der Waals surface area (Å²) < 4.78 is 40.4. The summed E-state index contributed by atoms with van der Waals surface area (Å²) >= 11 is 0. The zero-order valence-electron chi connectivity index (χ0n) is 8.62. The van der Waals surface area contributed by atoms with Crippen molar-refractivity contribution in [2.45, 2.75) is 12.6 Å². The molecule has 0 aliphatic heterocycles. The SMILES string of the molecule is Nc1ccc(C(=O)O)c(OCCC(F)(F)F)c1. The number of rotatable bonds is 4. The third kappa shape index (κ3) is 4.21. The summed E-state index contributed by atoms with van der Waals surface area (Å²) in [6, 6.07) is 3.69. The van der Waals surface area contributed by atoms with Crippen molar-refractivity contribution in [1.82, 2.24) is 0 Å². The lowest BCUT2D eigenvalue weighted by molar-refractivity contribution is -0.139. The maximum Gasteiger partial charge on any atom is 0.392 e. The predicted molar refractivity (Wildman–Crippen MR) is 54.0 cm³/mol. The fourth-order valence-corrected chi connectivity index (χ4v) is 1.11. The number of carbonyl (C=O) groups is 1. The first-order valence-electron chi connectivity index (χ1n) is 4.62. The Morgan fingerprint density at radius 3 is 2.59 bits per heavy atom. The minimum Gasteiger partial charge on any atom is -0.492 e. The Kier molecular flexibility index (Phi) is 3.82. The summed E-state index contributed by atoms with van der Waals surface area (Å²) in [7, 11) is 0. The van der Waals surface area contributed by atoms with E-state index in [1.165, 1.54) is 18.2 Å². The smallest absolute Gasteiger partial charge is 0.392 e. The fourth-order valence-electron chi connectivity index (χ4n) is 1.11. The molecule has 0 saturated heterocycles. The molecule has 1 aromatic carbocycles. The monoisotopic (exact) mass is 249 g/mol. The first kappa shape index (κ1) is 13.1. The van der Waals surface area contributed by atoms with Crippen LogP contribution in [0.3, 0.4) is 0 Å². The molecule has 1 aromatic rings. The number of anilines is 1. The van der Waals surface area contributed by atoms with Crippen LogP contribution in [0.25, 0.3) is 0 Å². The first-order chi connectivity index (χ1) is 7.79. The number of alkyl halides is 3. The van der Waals surface area contributed by atoms with Crippen molar-refractivity contribution in [3.8, 4) is 5.75 Å². The van der Waals surface area contributed by atoms with Crippen LogP contribution in [0.5, 0.6) is 5.75 Å². The van der Waals surface area contributed by atoms with E-state index in [1.54, 1.807) is 0 Å². The summed E-state index contributed by atoms with van der Waals surface area (Å²) in [6.45, 7) is -0.646. The minimum atomic E-state index is -4.34. The molecule has 7 heteroatoms. The molecule has 0 unspecified atom stereocenters. The van der Waals surface area contributed by atoms with E-state index in [2.05, 4.69) is 0 Å². The van der Waals surface area contributed by atoms with Gasteiger partial charge in [-0.15, -0.1) is 0 Å². The maximum absolute atomic E-state index is 11.9. The van der Waals surface area contributed by atoms with Crippen molar-refractivity contribution in [3.05, 3.63) is 23.8 Å². The van der Waals surface area contributed by atoms with Crippen LogP contribution in [0, 0.1) is 0 Å². The molecule has 1 rings (SSSR count). The fraction of sp³-hybridized carbons (Fsp3) is 0.300. The van der Waals surface area contributed by atoms with E-state index in [-0.39, 0.29) is 17.0 Å². The van der Waals surface area contributed by atoms with Crippen LogP contribution in [0.4, 0.5) is 18.9 Å². The molecule has 0 heterocycles. The second-order valence-electron chi connectivity index (χ2n) is 3.27. The highest BCUT2D eigenvalue weighted by molar-refractivity contribution is 5.91. The number of benzene rings is 1. The first-order valence-corrected chi connectivity index (χ1v) is 4.62. The number of carboxylic acids is 1. The van der Waals surface area contributed by atoms with Crippen molar-refractivity contribution in [2.24, 2.45) is 0 Å². The maximum atomic E-state index is 11.9. The zero-order chi connectivity index (χ0) is 13.1. The van der Waals surface area contributed by atoms with Gasteiger partial charge < -0.3 is 15.6 Å². The minimum absolute atomic E-state index is 0.165. The van der Waals surface area contributed by atoms with E-state index < -0.39 is 25.2 Å². The molecule has 0 saturated carbocycles. The van der Waals surface area contributed by atoms with Crippen LogP contribution in [-0.4, -0.2) is 23.9 Å². The van der Waals surface area contributed by atoms with Gasteiger partial charge in [0.2, 0.25) is 0 Å². The summed E-state index contributed by atoms with van der Waals surface area (Å²) in [6.07, 6.45) is -5.50. The number of nitrogen functional groups attached to an aromatic ring is 1. The quantitative estimate of drug-likeness (QED) is 0.803. The van der Waals surface area contributed by atoms with Gasteiger partial charge in [0.15, 0.2) is 0 Å². The van der Waals surface area contributed by atoms with Crippen molar-refractivity contribution < 1.29 is 27.8 Å². The van der Waals surface area contributed by atoms with Crippen LogP contribution in [0.15, 0.2) is 18.2 Å². The number of hydrogen-bond acceptors (Lipinski definition) is 3. The highest BCUT2D eigenvalue weighted by atomic mass is 19.4. The zero-order valence-corrected chi connectivity index (χ0v) is 8.62. The summed E-state index contributed by atoms with van der Waals surface area (Å²) in [4.78, 5) is 10.8. The molecule has 0 radical (unpaired) electrons. The van der Waals surface area contributed by atoms with Gasteiger partial charge in [0.25, 0.3) is 0 Å². The Balaban J connectivity index is 2.75. The lowest BCUT2D eigenvalue weighted by Crippen LogP contribution is -2.14. The molecule has 0 aliphatic rings. The van der Waals surface area contributed by atoms with Gasteiger partial charge in [-0.05, 0) is 12.1 Å². The Bertz CT molecular complexity index is 418. The molecule has 0 aliphatic carbocycles. The highest BCUT2D eigenvalue weighted by Crippen LogP contribution is 2.24. The van der Waals surface area contributed by atoms with Crippen LogP contribution in [0.2, 0.25) is 0 Å². The van der Waals surface area contributed by atoms with E-state index >= 15 is 0 Å². The van der Waals surface area contributed by atoms with Gasteiger partial charge in [-0.2, -0.15) is 13.2 Å². The predicted octanol–water partition coefficient (Wildman–Crippen LogP) is 2.30. The molecule has 94 valence electrons. The Hall–Kier alpha value is -1.92. The number of nitrogens with two attached hydrogens (primary N) is 1. The Morgan fingerprint density at radius 2 is 2.06 bits per heavy atom. The molecular weight excluding hydrogens is 239 g/mol. The largest absolute Gasteiger partial charge is 0.492 e. The van der Waals surface area contributed by atoms with Gasteiger partial charge in [-0.3, -0.25) is 0 Å². The second kappa shape index (κ2) is 4.94. The average molecular weight is 249 g/mol. The van der Waals surface area contributed by atoms with E-state index in [1.807, 2.05) is 0 Å². The Morgan fingerprint density at radius 1 is 1.41 bits per heavy atom. The van der Waals surface area contributed by atoms with E-state index in [0.717, 1.165) is 0 Å². The molecule has 0 aromatic heterocycles. The molecule has 4 nitrogen and oxygen atoms in total. The van der Waals surface area contributed by atoms with Crippen LogP contribution >= 0.6 is 0 Å². The van der Waals surface area contributed by atoms with Gasteiger partial charge in [-0.1, -0.05) is 0 Å². The topological polar surface area (TPSA) is 72.6 Å². The third-order valence-corrected chi connectivity index (χ3v) is 1.88. The Labute approximate surface area is 94.8 Å². The molecule has 3 N–H and O–H groups in total. The van der Waals surface area contributed by atoms with Crippen LogP contribution in [0.1, 0.15) is 16.8 Å². The van der Waals surface area contributed by atoms with Gasteiger partial charge in [0.1, 0.15) is 11.3 Å². The number of hydrogen-bond donors (Lipinski definition) is 2. The standard InChI is InChI=1S/C10H10F3NO3/c11-10(12,13)3-4-17-8-5-6(14)1-2-7(8)9(15)16/h1-2,5H,3-4,14H2,(H,15,16). The molecule has 0 atom stereocenters. The number of halogens is 3. The molecule has 0 amide bonds. The molecule has 0 bridgehead atoms. The third-order valence-electron chi connectivity index (χ3n) is 1.88. The van der Waals surface area contributed by atoms with Gasteiger partial charge in [0.05, 0.1) is 13.0 Å².